The molecule has 1 N–H and O–H groups in total. The Balaban J connectivity index is 2.89. The predicted octanol–water partition coefficient (Wildman–Crippen LogP) is 4.01. The van der Waals surface area contributed by atoms with E-state index < -0.39 is 0 Å². The fourth-order valence-electron chi connectivity index (χ4n) is 2.29. The van der Waals surface area contributed by atoms with Crippen molar-refractivity contribution >= 4 is 11.6 Å². The molecule has 0 bridgehead atoms. The highest BCUT2D eigenvalue weighted by atomic mass is 15.2. The standard InChI is InChI=1S/C16H30N4/c1-6-8-9-11-20(13(3)4)16-14(5)15(17-10-7-2)18-12-19-16/h12-13H,6-11H2,1-5H3,(H,17,18,19). The maximum absolute atomic E-state index is 4.52. The number of nitrogens with one attached hydrogen (secondary N) is 1. The van der Waals surface area contributed by atoms with Gasteiger partial charge in [-0.15, -0.1) is 0 Å². The van der Waals surface area contributed by atoms with Gasteiger partial charge in [-0.2, -0.15) is 0 Å². The zero-order valence-corrected chi connectivity index (χ0v) is 13.7. The normalized spacial score (nSPS) is 10.9. The van der Waals surface area contributed by atoms with Crippen molar-refractivity contribution in [2.75, 3.05) is 23.3 Å². The number of hydrogen-bond donors (Lipinski definition) is 1. The van der Waals surface area contributed by atoms with Gasteiger partial charge in [-0.1, -0.05) is 26.7 Å². The van der Waals surface area contributed by atoms with Gasteiger partial charge in [0.25, 0.3) is 0 Å². The number of hydrogen-bond acceptors (Lipinski definition) is 4. The molecule has 0 aliphatic rings. The first-order chi connectivity index (χ1) is 9.61. The summed E-state index contributed by atoms with van der Waals surface area (Å²) in [5, 5.41) is 3.39. The lowest BCUT2D eigenvalue weighted by Crippen LogP contribution is -2.33. The molecule has 0 radical (unpaired) electrons. The molecular formula is C16H30N4. The monoisotopic (exact) mass is 278 g/mol. The van der Waals surface area contributed by atoms with Gasteiger partial charge in [-0.3, -0.25) is 0 Å². The largest absolute Gasteiger partial charge is 0.370 e. The van der Waals surface area contributed by atoms with Crippen molar-refractivity contribution in [1.82, 2.24) is 9.97 Å². The number of aromatic nitrogens is 2. The third-order valence-corrected chi connectivity index (χ3v) is 3.50. The maximum atomic E-state index is 4.52. The first-order valence-electron chi connectivity index (χ1n) is 7.93. The van der Waals surface area contributed by atoms with Crippen LogP contribution in [0.25, 0.3) is 0 Å². The summed E-state index contributed by atoms with van der Waals surface area (Å²) in [5.74, 6) is 2.04. The Kier molecular flexibility index (Phi) is 7.34. The molecule has 0 saturated carbocycles. The van der Waals surface area contributed by atoms with E-state index in [4.69, 9.17) is 0 Å². The molecule has 0 unspecified atom stereocenters. The summed E-state index contributed by atoms with van der Waals surface area (Å²) in [5.41, 5.74) is 1.16. The minimum Gasteiger partial charge on any atom is -0.370 e. The lowest BCUT2D eigenvalue weighted by Gasteiger charge is -2.29. The van der Waals surface area contributed by atoms with Crippen molar-refractivity contribution in [3.63, 3.8) is 0 Å². The summed E-state index contributed by atoms with van der Waals surface area (Å²) in [6.07, 6.45) is 6.51. The quantitative estimate of drug-likeness (QED) is 0.693. The molecule has 0 fully saturated rings. The summed E-state index contributed by atoms with van der Waals surface area (Å²) in [7, 11) is 0. The third-order valence-electron chi connectivity index (χ3n) is 3.50. The van der Waals surface area contributed by atoms with E-state index in [0.29, 0.717) is 6.04 Å². The fraction of sp³-hybridized carbons (Fsp3) is 0.750. The molecule has 0 aromatic carbocycles. The lowest BCUT2D eigenvalue weighted by molar-refractivity contribution is 0.618. The van der Waals surface area contributed by atoms with Crippen molar-refractivity contribution in [1.29, 1.82) is 0 Å². The number of anilines is 2. The smallest absolute Gasteiger partial charge is 0.137 e. The first-order valence-corrected chi connectivity index (χ1v) is 7.93. The van der Waals surface area contributed by atoms with Gasteiger partial charge in [0.15, 0.2) is 0 Å². The van der Waals surface area contributed by atoms with Crippen LogP contribution >= 0.6 is 0 Å². The first kappa shape index (κ1) is 16.7. The van der Waals surface area contributed by atoms with E-state index in [0.717, 1.165) is 36.7 Å². The van der Waals surface area contributed by atoms with Gasteiger partial charge in [-0.05, 0) is 33.6 Å². The summed E-state index contributed by atoms with van der Waals surface area (Å²) in [6.45, 7) is 13.0. The second-order valence-corrected chi connectivity index (χ2v) is 5.59. The van der Waals surface area contributed by atoms with Crippen LogP contribution in [0.3, 0.4) is 0 Å². The Morgan fingerprint density at radius 2 is 1.90 bits per heavy atom. The summed E-state index contributed by atoms with van der Waals surface area (Å²) in [6, 6.07) is 0.458. The van der Waals surface area contributed by atoms with E-state index in [1.807, 2.05) is 0 Å². The Bertz CT molecular complexity index is 390. The molecule has 0 amide bonds. The van der Waals surface area contributed by atoms with Crippen molar-refractivity contribution < 1.29 is 0 Å². The van der Waals surface area contributed by atoms with E-state index in [1.54, 1.807) is 6.33 Å². The molecule has 20 heavy (non-hydrogen) atoms. The average Bonchev–Trinajstić information content (AvgIpc) is 2.43. The van der Waals surface area contributed by atoms with E-state index in [-0.39, 0.29) is 0 Å². The summed E-state index contributed by atoms with van der Waals surface area (Å²) >= 11 is 0. The summed E-state index contributed by atoms with van der Waals surface area (Å²) < 4.78 is 0. The highest BCUT2D eigenvalue weighted by molar-refractivity contribution is 5.58. The van der Waals surface area contributed by atoms with Crippen LogP contribution in [-0.2, 0) is 0 Å². The van der Waals surface area contributed by atoms with Crippen molar-refractivity contribution in [3.8, 4) is 0 Å². The van der Waals surface area contributed by atoms with Gasteiger partial charge in [0.05, 0.1) is 0 Å². The molecule has 0 aliphatic carbocycles. The fourth-order valence-corrected chi connectivity index (χ4v) is 2.29. The molecule has 4 nitrogen and oxygen atoms in total. The third kappa shape index (κ3) is 4.66. The molecule has 1 aromatic heterocycles. The number of unbranched alkanes of at least 4 members (excludes halogenated alkanes) is 2. The van der Waals surface area contributed by atoms with Crippen molar-refractivity contribution in [2.45, 2.75) is 66.3 Å². The highest BCUT2D eigenvalue weighted by Crippen LogP contribution is 2.24. The van der Waals surface area contributed by atoms with Crippen molar-refractivity contribution in [3.05, 3.63) is 11.9 Å². The Morgan fingerprint density at radius 1 is 1.15 bits per heavy atom. The zero-order valence-electron chi connectivity index (χ0n) is 13.7. The topological polar surface area (TPSA) is 41.1 Å². The number of nitrogens with zero attached hydrogens (tertiary/aromatic N) is 3. The minimum absolute atomic E-state index is 0.458. The predicted molar refractivity (Wildman–Crippen MR) is 87.6 cm³/mol. The molecule has 0 atom stereocenters. The molecule has 114 valence electrons. The molecule has 1 rings (SSSR count). The van der Waals surface area contributed by atoms with Crippen LogP contribution in [0.1, 0.15) is 58.9 Å². The van der Waals surface area contributed by atoms with Crippen LogP contribution in [0.5, 0.6) is 0 Å². The molecule has 0 saturated heterocycles. The molecule has 1 heterocycles. The second-order valence-electron chi connectivity index (χ2n) is 5.59. The molecule has 0 aliphatic heterocycles. The van der Waals surface area contributed by atoms with E-state index in [9.17, 15) is 0 Å². The van der Waals surface area contributed by atoms with E-state index in [2.05, 4.69) is 54.8 Å². The Hall–Kier alpha value is -1.32. The lowest BCUT2D eigenvalue weighted by atomic mass is 10.2. The van der Waals surface area contributed by atoms with E-state index in [1.165, 1.54) is 19.3 Å². The Labute approximate surface area is 124 Å². The number of rotatable bonds is 9. The van der Waals surface area contributed by atoms with Crippen LogP contribution in [0.15, 0.2) is 6.33 Å². The van der Waals surface area contributed by atoms with Gasteiger partial charge >= 0.3 is 0 Å². The maximum Gasteiger partial charge on any atom is 0.137 e. The zero-order chi connectivity index (χ0) is 15.0. The SMILES string of the molecule is CCCCCN(c1ncnc(NCCC)c1C)C(C)C. The highest BCUT2D eigenvalue weighted by Gasteiger charge is 2.16. The van der Waals surface area contributed by atoms with Gasteiger partial charge < -0.3 is 10.2 Å². The van der Waals surface area contributed by atoms with Crippen molar-refractivity contribution in [2.24, 2.45) is 0 Å². The molecule has 1 aromatic rings. The van der Waals surface area contributed by atoms with Gasteiger partial charge in [0.2, 0.25) is 0 Å². The van der Waals surface area contributed by atoms with Crippen LogP contribution < -0.4 is 10.2 Å². The van der Waals surface area contributed by atoms with Crippen LogP contribution in [0.4, 0.5) is 11.6 Å². The van der Waals surface area contributed by atoms with Crippen LogP contribution in [-0.4, -0.2) is 29.1 Å². The second kappa shape index (κ2) is 8.77. The molecule has 0 spiro atoms. The van der Waals surface area contributed by atoms with Gasteiger partial charge in [0, 0.05) is 24.7 Å². The molecular weight excluding hydrogens is 248 g/mol. The minimum atomic E-state index is 0.458. The summed E-state index contributed by atoms with van der Waals surface area (Å²) in [4.78, 5) is 11.3. The van der Waals surface area contributed by atoms with Crippen LogP contribution in [0.2, 0.25) is 0 Å². The average molecular weight is 278 g/mol. The van der Waals surface area contributed by atoms with E-state index >= 15 is 0 Å². The van der Waals surface area contributed by atoms with Crippen LogP contribution in [0, 0.1) is 6.92 Å². The van der Waals surface area contributed by atoms with Gasteiger partial charge in [-0.25, -0.2) is 9.97 Å². The Morgan fingerprint density at radius 3 is 2.50 bits per heavy atom. The van der Waals surface area contributed by atoms with Gasteiger partial charge in [0.1, 0.15) is 18.0 Å². The molecule has 4 heteroatoms.